The lowest BCUT2D eigenvalue weighted by Gasteiger charge is -2.23. The van der Waals surface area contributed by atoms with Crippen molar-refractivity contribution in [2.24, 2.45) is 4.99 Å². The minimum absolute atomic E-state index is 0.0137. The maximum Gasteiger partial charge on any atom is 0.337 e. The van der Waals surface area contributed by atoms with E-state index >= 15 is 0 Å². The summed E-state index contributed by atoms with van der Waals surface area (Å²) < 4.78 is 24.8. The molecule has 2 heterocycles. The lowest BCUT2D eigenvalue weighted by molar-refractivity contribution is -0.384. The van der Waals surface area contributed by atoms with Gasteiger partial charge in [0.25, 0.3) is 11.2 Å². The molecule has 1 atom stereocenters. The highest BCUT2D eigenvalue weighted by molar-refractivity contribution is 9.10. The third-order valence-electron chi connectivity index (χ3n) is 6.86. The number of nitro groups is 1. The molecular formula is C32H27BrClN3O8S. The fourth-order valence-electron chi connectivity index (χ4n) is 4.81. The van der Waals surface area contributed by atoms with E-state index in [9.17, 15) is 19.7 Å². The number of rotatable bonds is 11. The van der Waals surface area contributed by atoms with Gasteiger partial charge in [-0.2, -0.15) is 0 Å². The predicted octanol–water partition coefficient (Wildman–Crippen LogP) is 5.72. The van der Waals surface area contributed by atoms with E-state index in [4.69, 9.17) is 30.5 Å². The van der Waals surface area contributed by atoms with Crippen LogP contribution in [-0.4, -0.2) is 35.8 Å². The van der Waals surface area contributed by atoms with Crippen LogP contribution < -0.4 is 29.1 Å². The summed E-state index contributed by atoms with van der Waals surface area (Å²) >= 11 is 11.2. The van der Waals surface area contributed by atoms with E-state index in [0.717, 1.165) is 5.56 Å². The number of hydrogen-bond donors (Lipinski definition) is 0. The monoisotopic (exact) mass is 727 g/mol. The lowest BCUT2D eigenvalue weighted by Crippen LogP contribution is -2.39. The largest absolute Gasteiger partial charge is 0.490 e. The Kier molecular flexibility index (Phi) is 10.2. The van der Waals surface area contributed by atoms with Crippen molar-refractivity contribution in [3.63, 3.8) is 0 Å². The maximum atomic E-state index is 13.9. The van der Waals surface area contributed by atoms with Gasteiger partial charge in [0, 0.05) is 18.3 Å². The van der Waals surface area contributed by atoms with Gasteiger partial charge < -0.3 is 18.9 Å². The molecule has 0 unspecified atom stereocenters. The molecular weight excluding hydrogens is 702 g/mol. The van der Waals surface area contributed by atoms with E-state index in [1.807, 2.05) is 13.8 Å². The Morgan fingerprint density at radius 1 is 1.09 bits per heavy atom. The Morgan fingerprint density at radius 2 is 1.80 bits per heavy atom. The van der Waals surface area contributed by atoms with E-state index in [1.54, 1.807) is 48.5 Å². The molecule has 0 amide bonds. The summed E-state index contributed by atoms with van der Waals surface area (Å²) in [5.41, 5.74) is 1.77. The summed E-state index contributed by atoms with van der Waals surface area (Å²) in [6.07, 6.45) is 3.11. The van der Waals surface area contributed by atoms with Crippen LogP contribution in [-0.2, 0) is 16.1 Å². The minimum Gasteiger partial charge on any atom is -0.490 e. The van der Waals surface area contributed by atoms with Crippen LogP contribution in [0, 0.1) is 10.1 Å². The van der Waals surface area contributed by atoms with E-state index < -0.39 is 16.9 Å². The zero-order chi connectivity index (χ0) is 33.0. The van der Waals surface area contributed by atoms with Crippen LogP contribution in [0.3, 0.4) is 0 Å². The summed E-state index contributed by atoms with van der Waals surface area (Å²) in [7, 11) is 1.27. The molecule has 0 radical (unpaired) electrons. The third kappa shape index (κ3) is 6.86. The lowest BCUT2D eigenvalue weighted by atomic mass is 9.97. The highest BCUT2D eigenvalue weighted by atomic mass is 79.9. The molecule has 0 saturated heterocycles. The van der Waals surface area contributed by atoms with E-state index in [1.165, 1.54) is 41.3 Å². The van der Waals surface area contributed by atoms with Crippen molar-refractivity contribution in [1.82, 2.24) is 4.57 Å². The molecule has 238 valence electrons. The molecule has 1 aliphatic rings. The zero-order valence-corrected chi connectivity index (χ0v) is 28.0. The Balaban J connectivity index is 1.51. The number of ether oxygens (including phenoxy) is 4. The minimum atomic E-state index is -0.828. The molecule has 3 aromatic carbocycles. The summed E-state index contributed by atoms with van der Waals surface area (Å²) in [5, 5.41) is 11.2. The number of methoxy groups -OCH3 is 1. The van der Waals surface area contributed by atoms with Gasteiger partial charge in [0.1, 0.15) is 6.61 Å². The second-order valence-corrected chi connectivity index (χ2v) is 12.0. The van der Waals surface area contributed by atoms with Gasteiger partial charge in [0.2, 0.25) is 0 Å². The molecule has 1 aliphatic heterocycles. The number of non-ortho nitro benzene ring substituents is 1. The number of nitro benzene ring substituents is 1. The first-order chi connectivity index (χ1) is 22.1. The second-order valence-electron chi connectivity index (χ2n) is 9.77. The SMILES string of the molecule is CCOc1ccc([C@H]2C(C(=O)OC)=CN=c3s/c(=C\c4cc(Cl)c(OCc5ccc([N+](=O)[O-])cc5)c(Br)c4)c(=O)n32)cc1OCC. The Bertz CT molecular complexity index is 2000. The summed E-state index contributed by atoms with van der Waals surface area (Å²) in [4.78, 5) is 42.1. The van der Waals surface area contributed by atoms with Gasteiger partial charge >= 0.3 is 5.97 Å². The van der Waals surface area contributed by atoms with Gasteiger partial charge in [-0.25, -0.2) is 9.79 Å². The van der Waals surface area contributed by atoms with Crippen molar-refractivity contribution < 1.29 is 28.7 Å². The van der Waals surface area contributed by atoms with Crippen LogP contribution >= 0.6 is 38.9 Å². The molecule has 5 rings (SSSR count). The second kappa shape index (κ2) is 14.3. The van der Waals surface area contributed by atoms with Crippen molar-refractivity contribution in [2.45, 2.75) is 26.5 Å². The molecule has 0 bridgehead atoms. The van der Waals surface area contributed by atoms with Crippen LogP contribution in [0.4, 0.5) is 5.69 Å². The topological polar surface area (TPSA) is 131 Å². The number of nitrogens with zero attached hydrogens (tertiary/aromatic N) is 3. The Labute approximate surface area is 280 Å². The number of carbonyl (C=O) groups excluding carboxylic acids is 1. The van der Waals surface area contributed by atoms with Gasteiger partial charge in [-0.1, -0.05) is 29.0 Å². The van der Waals surface area contributed by atoms with Crippen LogP contribution in [0.5, 0.6) is 17.2 Å². The fraction of sp³-hybridized carbons (Fsp3) is 0.219. The number of thiazole rings is 1. The molecule has 46 heavy (non-hydrogen) atoms. The number of aromatic nitrogens is 1. The summed E-state index contributed by atoms with van der Waals surface area (Å²) in [5.74, 6) is 0.796. The van der Waals surface area contributed by atoms with Gasteiger partial charge in [-0.15, -0.1) is 0 Å². The average molecular weight is 729 g/mol. The predicted molar refractivity (Wildman–Crippen MR) is 177 cm³/mol. The smallest absolute Gasteiger partial charge is 0.337 e. The van der Waals surface area contributed by atoms with Gasteiger partial charge in [0.15, 0.2) is 22.0 Å². The van der Waals surface area contributed by atoms with Crippen molar-refractivity contribution >= 4 is 56.6 Å². The van der Waals surface area contributed by atoms with Crippen molar-refractivity contribution in [2.75, 3.05) is 20.3 Å². The molecule has 0 fully saturated rings. The number of esters is 1. The highest BCUT2D eigenvalue weighted by Crippen LogP contribution is 2.36. The number of halogens is 2. The first-order valence-electron chi connectivity index (χ1n) is 14.0. The number of carbonyl (C=O) groups is 1. The Morgan fingerprint density at radius 3 is 2.46 bits per heavy atom. The fourth-order valence-corrected chi connectivity index (χ4v) is 6.77. The van der Waals surface area contributed by atoms with Crippen LogP contribution in [0.25, 0.3) is 6.08 Å². The van der Waals surface area contributed by atoms with Crippen molar-refractivity contribution in [1.29, 1.82) is 0 Å². The standard InChI is InChI=1S/C32H27BrClN3O8S/c1-4-43-25-11-8-20(15-26(25)44-5-2)28-22(31(39)42-3)16-35-32-36(28)30(38)27(46-32)14-19-12-23(33)29(24(34)13-19)45-17-18-6-9-21(10-7-18)37(40)41/h6-16,28H,4-5,17H2,1-3H3/b27-14-/t28-/m0/s1. The molecule has 4 aromatic rings. The molecule has 11 nitrogen and oxygen atoms in total. The van der Waals surface area contributed by atoms with Gasteiger partial charge in [0.05, 0.1) is 50.9 Å². The number of benzene rings is 3. The molecule has 0 N–H and O–H groups in total. The first kappa shape index (κ1) is 32.9. The molecule has 0 saturated carbocycles. The summed E-state index contributed by atoms with van der Waals surface area (Å²) in [6.45, 7) is 4.69. The van der Waals surface area contributed by atoms with Crippen LogP contribution in [0.15, 0.2) is 80.6 Å². The quantitative estimate of drug-likeness (QED) is 0.109. The van der Waals surface area contributed by atoms with Gasteiger partial charge in [-0.3, -0.25) is 19.5 Å². The molecule has 14 heteroatoms. The van der Waals surface area contributed by atoms with Crippen molar-refractivity contribution in [3.8, 4) is 17.2 Å². The number of fused-ring (bicyclic) bond motifs is 1. The van der Waals surface area contributed by atoms with E-state index in [0.29, 0.717) is 60.4 Å². The molecule has 0 aliphatic carbocycles. The zero-order valence-electron chi connectivity index (χ0n) is 24.8. The van der Waals surface area contributed by atoms with Crippen molar-refractivity contribution in [3.05, 3.63) is 122 Å². The highest BCUT2D eigenvalue weighted by Gasteiger charge is 2.31. The maximum absolute atomic E-state index is 13.9. The van der Waals surface area contributed by atoms with E-state index in [-0.39, 0.29) is 23.4 Å². The number of hydrogen-bond acceptors (Lipinski definition) is 10. The van der Waals surface area contributed by atoms with Crippen LogP contribution in [0.2, 0.25) is 5.02 Å². The molecule has 1 aromatic heterocycles. The Hall–Kier alpha value is -4.46. The molecule has 0 spiro atoms. The van der Waals surface area contributed by atoms with Gasteiger partial charge in [-0.05, 0) is 88.9 Å². The first-order valence-corrected chi connectivity index (χ1v) is 16.0. The third-order valence-corrected chi connectivity index (χ3v) is 8.72. The van der Waals surface area contributed by atoms with Crippen LogP contribution in [0.1, 0.15) is 36.6 Å². The van der Waals surface area contributed by atoms with E-state index in [2.05, 4.69) is 20.9 Å². The average Bonchev–Trinajstić information content (AvgIpc) is 3.35. The summed E-state index contributed by atoms with van der Waals surface area (Å²) in [6, 6.07) is 13.9. The normalized spacial score (nSPS) is 14.2.